The number of aromatic amines is 1. The molecule has 1 saturated heterocycles. The summed E-state index contributed by atoms with van der Waals surface area (Å²) in [5.74, 6) is -0.208. The molecular formula is C20H20N4O2. The second kappa shape index (κ2) is 7.00. The third kappa shape index (κ3) is 3.18. The molecule has 2 aromatic heterocycles. The highest BCUT2D eigenvalue weighted by atomic mass is 16.2. The first-order valence-corrected chi connectivity index (χ1v) is 8.79. The van der Waals surface area contributed by atoms with Crippen molar-refractivity contribution in [2.24, 2.45) is 0 Å². The average Bonchev–Trinajstić information content (AvgIpc) is 3.34. The molecular weight excluding hydrogens is 328 g/mol. The van der Waals surface area contributed by atoms with Gasteiger partial charge in [0.05, 0.1) is 12.6 Å². The van der Waals surface area contributed by atoms with Crippen LogP contribution in [0.2, 0.25) is 0 Å². The van der Waals surface area contributed by atoms with E-state index in [2.05, 4.69) is 10.1 Å². The Bertz CT molecular complexity index is 947. The number of hydrogen-bond donors (Lipinski definition) is 1. The third-order valence-corrected chi connectivity index (χ3v) is 4.82. The molecule has 0 bridgehead atoms. The minimum absolute atomic E-state index is 0.0654. The molecule has 4 rings (SSSR count). The smallest absolute Gasteiger partial charge is 0.261 e. The van der Waals surface area contributed by atoms with Crippen LogP contribution in [-0.2, 0) is 6.54 Å². The largest absolute Gasteiger partial charge is 0.334 e. The zero-order valence-corrected chi connectivity index (χ0v) is 14.3. The fourth-order valence-corrected chi connectivity index (χ4v) is 3.50. The summed E-state index contributed by atoms with van der Waals surface area (Å²) in [6.07, 6.45) is 5.49. The summed E-state index contributed by atoms with van der Waals surface area (Å²) in [7, 11) is 0. The van der Waals surface area contributed by atoms with Gasteiger partial charge in [-0.1, -0.05) is 30.3 Å². The maximum Gasteiger partial charge on any atom is 0.261 e. The van der Waals surface area contributed by atoms with Gasteiger partial charge in [-0.05, 0) is 36.6 Å². The lowest BCUT2D eigenvalue weighted by Gasteiger charge is -2.24. The second-order valence-corrected chi connectivity index (χ2v) is 6.50. The zero-order chi connectivity index (χ0) is 17.9. The van der Waals surface area contributed by atoms with Crippen LogP contribution in [0, 0.1) is 0 Å². The fourth-order valence-electron chi connectivity index (χ4n) is 3.50. The molecule has 6 heteroatoms. The molecule has 0 aliphatic carbocycles. The second-order valence-electron chi connectivity index (χ2n) is 6.50. The van der Waals surface area contributed by atoms with E-state index in [0.717, 1.165) is 18.4 Å². The molecule has 1 atom stereocenters. The van der Waals surface area contributed by atoms with Crippen LogP contribution in [0.1, 0.15) is 23.2 Å². The molecule has 132 valence electrons. The van der Waals surface area contributed by atoms with Crippen molar-refractivity contribution in [3.05, 3.63) is 76.8 Å². The number of carbonyl (C=O) groups excluding carboxylic acids is 1. The van der Waals surface area contributed by atoms with Crippen molar-refractivity contribution in [3.8, 4) is 11.3 Å². The maximum atomic E-state index is 12.9. The molecule has 26 heavy (non-hydrogen) atoms. The molecule has 0 spiro atoms. The molecule has 0 saturated carbocycles. The number of H-pyrrole nitrogens is 1. The molecule has 6 nitrogen and oxygen atoms in total. The standard InChI is InChI=1S/C20H20N4O2/c25-19-17(9-10-18(22-19)15-6-2-1-3-7-15)20(26)24-13-4-8-16(24)14-23-12-5-11-21-23/h1-3,5-7,9-12,16H,4,8,13-14H2,(H,22,25). The molecule has 1 aromatic carbocycles. The number of hydrogen-bond acceptors (Lipinski definition) is 3. The fraction of sp³-hybridized carbons (Fsp3) is 0.250. The van der Waals surface area contributed by atoms with E-state index >= 15 is 0 Å². The molecule has 1 N–H and O–H groups in total. The van der Waals surface area contributed by atoms with Crippen molar-refractivity contribution in [3.63, 3.8) is 0 Å². The van der Waals surface area contributed by atoms with Gasteiger partial charge in [-0.3, -0.25) is 14.3 Å². The lowest BCUT2D eigenvalue weighted by Crippen LogP contribution is -2.40. The quantitative estimate of drug-likeness (QED) is 0.788. The summed E-state index contributed by atoms with van der Waals surface area (Å²) in [6.45, 7) is 1.32. The van der Waals surface area contributed by atoms with E-state index in [1.54, 1.807) is 23.2 Å². The molecule has 1 aliphatic heterocycles. The van der Waals surface area contributed by atoms with Crippen LogP contribution in [0.4, 0.5) is 0 Å². The average molecular weight is 348 g/mol. The normalized spacial score (nSPS) is 16.8. The van der Waals surface area contributed by atoms with Crippen LogP contribution in [0.3, 0.4) is 0 Å². The first-order valence-electron chi connectivity index (χ1n) is 8.79. The van der Waals surface area contributed by atoms with Gasteiger partial charge in [-0.25, -0.2) is 0 Å². The van der Waals surface area contributed by atoms with E-state index in [0.29, 0.717) is 18.8 Å². The Kier molecular flexibility index (Phi) is 4.39. The van der Waals surface area contributed by atoms with Gasteiger partial charge < -0.3 is 9.88 Å². The van der Waals surface area contributed by atoms with Crippen LogP contribution >= 0.6 is 0 Å². The lowest BCUT2D eigenvalue weighted by atomic mass is 10.1. The minimum Gasteiger partial charge on any atom is -0.334 e. The first kappa shape index (κ1) is 16.3. The Morgan fingerprint density at radius 3 is 2.73 bits per heavy atom. The van der Waals surface area contributed by atoms with Crippen LogP contribution in [0.25, 0.3) is 11.3 Å². The van der Waals surface area contributed by atoms with Gasteiger partial charge in [-0.2, -0.15) is 5.10 Å². The van der Waals surface area contributed by atoms with Gasteiger partial charge in [-0.15, -0.1) is 0 Å². The van der Waals surface area contributed by atoms with Crippen molar-refractivity contribution >= 4 is 5.91 Å². The number of carbonyl (C=O) groups is 1. The van der Waals surface area contributed by atoms with Crippen molar-refractivity contribution in [2.45, 2.75) is 25.4 Å². The zero-order valence-electron chi connectivity index (χ0n) is 14.3. The third-order valence-electron chi connectivity index (χ3n) is 4.82. The highest BCUT2D eigenvalue weighted by molar-refractivity contribution is 5.94. The highest BCUT2D eigenvalue weighted by Crippen LogP contribution is 2.21. The Morgan fingerprint density at radius 2 is 2.00 bits per heavy atom. The number of aromatic nitrogens is 3. The van der Waals surface area contributed by atoms with Crippen molar-refractivity contribution in [2.75, 3.05) is 6.54 Å². The molecule has 1 unspecified atom stereocenters. The van der Waals surface area contributed by atoms with E-state index < -0.39 is 0 Å². The highest BCUT2D eigenvalue weighted by Gasteiger charge is 2.31. The molecule has 1 aliphatic rings. The number of amides is 1. The van der Waals surface area contributed by atoms with E-state index in [1.807, 2.05) is 47.3 Å². The Labute approximate surface area is 151 Å². The van der Waals surface area contributed by atoms with Crippen LogP contribution in [0.15, 0.2) is 65.7 Å². The Hall–Kier alpha value is -3.15. The van der Waals surface area contributed by atoms with Crippen molar-refractivity contribution in [1.82, 2.24) is 19.7 Å². The van der Waals surface area contributed by atoms with Crippen molar-refractivity contribution < 1.29 is 4.79 Å². The predicted octanol–water partition coefficient (Wildman–Crippen LogP) is 2.54. The minimum atomic E-state index is -0.346. The van der Waals surface area contributed by atoms with Gasteiger partial charge >= 0.3 is 0 Å². The van der Waals surface area contributed by atoms with Gasteiger partial charge in [0.2, 0.25) is 0 Å². The van der Waals surface area contributed by atoms with E-state index in [9.17, 15) is 9.59 Å². The molecule has 3 heterocycles. The van der Waals surface area contributed by atoms with Crippen LogP contribution < -0.4 is 5.56 Å². The molecule has 3 aromatic rings. The van der Waals surface area contributed by atoms with Gasteiger partial charge in [0, 0.05) is 24.6 Å². The van der Waals surface area contributed by atoms with Gasteiger partial charge in [0.25, 0.3) is 11.5 Å². The van der Waals surface area contributed by atoms with Gasteiger partial charge in [0.15, 0.2) is 0 Å². The lowest BCUT2D eigenvalue weighted by molar-refractivity contribution is 0.0720. The monoisotopic (exact) mass is 348 g/mol. The number of nitrogens with one attached hydrogen (secondary N) is 1. The molecule has 0 radical (unpaired) electrons. The Morgan fingerprint density at radius 1 is 1.15 bits per heavy atom. The molecule has 1 fully saturated rings. The number of likely N-dealkylation sites (tertiary alicyclic amines) is 1. The number of nitrogens with zero attached hydrogens (tertiary/aromatic N) is 3. The number of rotatable bonds is 4. The summed E-state index contributed by atoms with van der Waals surface area (Å²) in [4.78, 5) is 30.1. The summed E-state index contributed by atoms with van der Waals surface area (Å²) >= 11 is 0. The summed E-state index contributed by atoms with van der Waals surface area (Å²) in [5.41, 5.74) is 1.47. The summed E-state index contributed by atoms with van der Waals surface area (Å²) in [6, 6.07) is 15.0. The molecule has 1 amide bonds. The maximum absolute atomic E-state index is 12.9. The number of pyridine rings is 1. The van der Waals surface area contributed by atoms with Crippen LogP contribution in [0.5, 0.6) is 0 Å². The van der Waals surface area contributed by atoms with E-state index in [4.69, 9.17) is 0 Å². The van der Waals surface area contributed by atoms with Gasteiger partial charge in [0.1, 0.15) is 5.56 Å². The number of benzene rings is 1. The van der Waals surface area contributed by atoms with Crippen LogP contribution in [-0.4, -0.2) is 38.2 Å². The van der Waals surface area contributed by atoms with Crippen molar-refractivity contribution in [1.29, 1.82) is 0 Å². The van der Waals surface area contributed by atoms with E-state index in [1.165, 1.54) is 0 Å². The summed E-state index contributed by atoms with van der Waals surface area (Å²) in [5, 5.41) is 4.22. The van der Waals surface area contributed by atoms with E-state index in [-0.39, 0.29) is 23.1 Å². The topological polar surface area (TPSA) is 71.0 Å². The predicted molar refractivity (Wildman–Crippen MR) is 98.8 cm³/mol. The first-order chi connectivity index (χ1) is 12.7. The SMILES string of the molecule is O=C(c1ccc(-c2ccccc2)[nH]c1=O)N1CCCC1Cn1cccn1. The summed E-state index contributed by atoms with van der Waals surface area (Å²) < 4.78 is 1.83. The Balaban J connectivity index is 1.57.